The number of aliphatic hydroxyl groups is 3. The highest BCUT2D eigenvalue weighted by atomic mass is 16.7. The van der Waals surface area contributed by atoms with E-state index in [0.29, 0.717) is 11.4 Å². The fourth-order valence-corrected chi connectivity index (χ4v) is 2.53. The molecule has 1 aliphatic rings. The summed E-state index contributed by atoms with van der Waals surface area (Å²) in [7, 11) is 0. The van der Waals surface area contributed by atoms with E-state index in [-0.39, 0.29) is 5.91 Å². The van der Waals surface area contributed by atoms with Crippen molar-refractivity contribution in [1.29, 1.82) is 0 Å². The zero-order chi connectivity index (χ0) is 18.6. The Morgan fingerprint density at radius 3 is 2.28 bits per heavy atom. The van der Waals surface area contributed by atoms with Crippen LogP contribution in [0.25, 0.3) is 0 Å². The lowest BCUT2D eigenvalue weighted by Gasteiger charge is -2.42. The van der Waals surface area contributed by atoms with Gasteiger partial charge in [-0.15, -0.1) is 0 Å². The molecule has 1 heterocycles. The van der Waals surface area contributed by atoms with Gasteiger partial charge in [0.2, 0.25) is 18.1 Å². The number of ether oxygens (including phenoxy) is 2. The molecule has 0 aromatic heterocycles. The van der Waals surface area contributed by atoms with Crippen LogP contribution in [0, 0.1) is 0 Å². The molecular formula is C16H22N2O7. The van der Waals surface area contributed by atoms with E-state index >= 15 is 0 Å². The molecule has 0 spiro atoms. The van der Waals surface area contributed by atoms with Crippen molar-refractivity contribution in [2.24, 2.45) is 0 Å². The maximum absolute atomic E-state index is 11.4. The average molecular weight is 354 g/mol. The van der Waals surface area contributed by atoms with Gasteiger partial charge in [0, 0.05) is 19.5 Å². The third-order valence-corrected chi connectivity index (χ3v) is 3.68. The Hall–Kier alpha value is -2.20. The minimum Gasteiger partial charge on any atom is -0.463 e. The molecule has 0 bridgehead atoms. The lowest BCUT2D eigenvalue weighted by atomic mass is 9.97. The predicted molar refractivity (Wildman–Crippen MR) is 86.7 cm³/mol. The van der Waals surface area contributed by atoms with Crippen LogP contribution in [0.3, 0.4) is 0 Å². The van der Waals surface area contributed by atoms with Crippen molar-refractivity contribution in [1.82, 2.24) is 5.32 Å². The number of anilines is 1. The molecule has 1 saturated heterocycles. The van der Waals surface area contributed by atoms with Gasteiger partial charge in [-0.25, -0.2) is 0 Å². The van der Waals surface area contributed by atoms with Crippen LogP contribution in [0.4, 0.5) is 5.69 Å². The van der Waals surface area contributed by atoms with Crippen LogP contribution < -0.4 is 15.4 Å². The molecule has 138 valence electrons. The number of carbonyl (C=O) groups excluding carboxylic acids is 2. The van der Waals surface area contributed by atoms with Gasteiger partial charge in [-0.3, -0.25) is 9.59 Å². The first-order valence-corrected chi connectivity index (χ1v) is 7.75. The van der Waals surface area contributed by atoms with E-state index < -0.39 is 43.2 Å². The molecule has 1 aliphatic heterocycles. The standard InChI is InChI=1S/C16H22N2O7/c1-8(20)17-10-3-5-11(6-4-10)24-16-13(18-9(2)21)15(23)14(22)12(7-19)25-16/h3-6,12-16,19,22-23H,7H2,1-2H3,(H,17,20)(H,18,21)/t12-,13-,14+,15-,16-/m1/s1. The molecule has 9 heteroatoms. The van der Waals surface area contributed by atoms with E-state index in [9.17, 15) is 24.9 Å². The van der Waals surface area contributed by atoms with Crippen LogP contribution in [0.1, 0.15) is 13.8 Å². The summed E-state index contributed by atoms with van der Waals surface area (Å²) in [5, 5.41) is 34.5. The summed E-state index contributed by atoms with van der Waals surface area (Å²) in [5.41, 5.74) is 0.575. The van der Waals surface area contributed by atoms with Gasteiger partial charge in [0.15, 0.2) is 0 Å². The van der Waals surface area contributed by atoms with Gasteiger partial charge >= 0.3 is 0 Å². The van der Waals surface area contributed by atoms with Crippen molar-refractivity contribution in [2.75, 3.05) is 11.9 Å². The molecule has 1 aromatic rings. The first-order valence-electron chi connectivity index (χ1n) is 7.75. The summed E-state index contributed by atoms with van der Waals surface area (Å²) in [6.45, 7) is 2.13. The van der Waals surface area contributed by atoms with Gasteiger partial charge in [-0.2, -0.15) is 0 Å². The first-order chi connectivity index (χ1) is 11.8. The van der Waals surface area contributed by atoms with E-state index in [1.165, 1.54) is 13.8 Å². The summed E-state index contributed by atoms with van der Waals surface area (Å²) >= 11 is 0. The normalized spacial score (nSPS) is 28.9. The minimum absolute atomic E-state index is 0.210. The molecular weight excluding hydrogens is 332 g/mol. The largest absolute Gasteiger partial charge is 0.463 e. The monoisotopic (exact) mass is 354 g/mol. The third-order valence-electron chi connectivity index (χ3n) is 3.68. The summed E-state index contributed by atoms with van der Waals surface area (Å²) < 4.78 is 11.1. The summed E-state index contributed by atoms with van der Waals surface area (Å²) in [5.74, 6) is -0.287. The van der Waals surface area contributed by atoms with Crippen molar-refractivity contribution >= 4 is 17.5 Å². The molecule has 0 saturated carbocycles. The fourth-order valence-electron chi connectivity index (χ4n) is 2.53. The van der Waals surface area contributed by atoms with Crippen molar-refractivity contribution in [3.63, 3.8) is 0 Å². The van der Waals surface area contributed by atoms with E-state index in [4.69, 9.17) is 9.47 Å². The number of benzene rings is 1. The van der Waals surface area contributed by atoms with Crippen LogP contribution in [-0.2, 0) is 14.3 Å². The third kappa shape index (κ3) is 4.89. The van der Waals surface area contributed by atoms with Crippen LogP contribution in [-0.4, -0.2) is 64.4 Å². The lowest BCUT2D eigenvalue weighted by Crippen LogP contribution is -2.65. The molecule has 0 aliphatic carbocycles. The smallest absolute Gasteiger partial charge is 0.223 e. The molecule has 2 amide bonds. The zero-order valence-corrected chi connectivity index (χ0v) is 13.9. The molecule has 0 radical (unpaired) electrons. The number of hydrogen-bond donors (Lipinski definition) is 5. The number of carbonyl (C=O) groups is 2. The highest BCUT2D eigenvalue weighted by Crippen LogP contribution is 2.25. The Balaban J connectivity index is 2.15. The number of aliphatic hydroxyl groups excluding tert-OH is 3. The van der Waals surface area contributed by atoms with Gasteiger partial charge < -0.3 is 35.4 Å². The Bertz CT molecular complexity index is 607. The average Bonchev–Trinajstić information content (AvgIpc) is 2.55. The highest BCUT2D eigenvalue weighted by Gasteiger charge is 2.46. The van der Waals surface area contributed by atoms with Crippen molar-refractivity contribution in [3.05, 3.63) is 24.3 Å². The van der Waals surface area contributed by atoms with Gasteiger partial charge in [0.1, 0.15) is 30.1 Å². The molecule has 5 N–H and O–H groups in total. The van der Waals surface area contributed by atoms with E-state index in [2.05, 4.69) is 10.6 Å². The number of rotatable bonds is 5. The number of nitrogens with one attached hydrogen (secondary N) is 2. The Morgan fingerprint density at radius 2 is 1.76 bits per heavy atom. The fraction of sp³-hybridized carbons (Fsp3) is 0.500. The number of amides is 2. The molecule has 9 nitrogen and oxygen atoms in total. The SMILES string of the molecule is CC(=O)Nc1ccc(O[C@@H]2O[C@H](CO)[C@H](O)[C@H](O)[C@H]2NC(C)=O)cc1. The lowest BCUT2D eigenvalue weighted by molar-refractivity contribution is -0.244. The Labute approximate surface area is 144 Å². The van der Waals surface area contributed by atoms with Gasteiger partial charge in [-0.1, -0.05) is 0 Å². The first kappa shape index (κ1) is 19.1. The topological polar surface area (TPSA) is 137 Å². The van der Waals surface area contributed by atoms with Crippen LogP contribution >= 0.6 is 0 Å². The van der Waals surface area contributed by atoms with Gasteiger partial charge in [0.05, 0.1) is 6.61 Å². The van der Waals surface area contributed by atoms with Crippen molar-refractivity contribution < 1.29 is 34.4 Å². The zero-order valence-electron chi connectivity index (χ0n) is 13.9. The van der Waals surface area contributed by atoms with E-state index in [1.807, 2.05) is 0 Å². The van der Waals surface area contributed by atoms with Crippen molar-refractivity contribution in [3.8, 4) is 5.75 Å². The number of hydrogen-bond acceptors (Lipinski definition) is 7. The quantitative estimate of drug-likeness (QED) is 0.456. The van der Waals surface area contributed by atoms with Crippen molar-refractivity contribution in [2.45, 2.75) is 44.5 Å². The molecule has 5 atom stereocenters. The predicted octanol–water partition coefficient (Wildman–Crippen LogP) is -1.03. The Morgan fingerprint density at radius 1 is 1.12 bits per heavy atom. The van der Waals surface area contributed by atoms with Crippen LogP contribution in [0.2, 0.25) is 0 Å². The minimum atomic E-state index is -1.38. The van der Waals surface area contributed by atoms with Gasteiger partial charge in [-0.05, 0) is 24.3 Å². The van der Waals surface area contributed by atoms with Crippen LogP contribution in [0.15, 0.2) is 24.3 Å². The maximum Gasteiger partial charge on any atom is 0.223 e. The Kier molecular flexibility index (Phi) is 6.32. The van der Waals surface area contributed by atoms with Crippen LogP contribution in [0.5, 0.6) is 5.75 Å². The van der Waals surface area contributed by atoms with E-state index in [1.54, 1.807) is 24.3 Å². The molecule has 1 fully saturated rings. The van der Waals surface area contributed by atoms with E-state index in [0.717, 1.165) is 0 Å². The second kappa shape index (κ2) is 8.26. The second-order valence-corrected chi connectivity index (χ2v) is 5.76. The molecule has 0 unspecified atom stereocenters. The molecule has 25 heavy (non-hydrogen) atoms. The maximum atomic E-state index is 11.4. The molecule has 2 rings (SSSR count). The highest BCUT2D eigenvalue weighted by molar-refractivity contribution is 5.88. The second-order valence-electron chi connectivity index (χ2n) is 5.76. The summed E-state index contributed by atoms with van der Waals surface area (Å²) in [6.07, 6.45) is -4.92. The van der Waals surface area contributed by atoms with Gasteiger partial charge in [0.25, 0.3) is 0 Å². The summed E-state index contributed by atoms with van der Waals surface area (Å²) in [6, 6.07) is 5.35. The molecule has 1 aromatic carbocycles. The summed E-state index contributed by atoms with van der Waals surface area (Å²) in [4.78, 5) is 22.4.